The van der Waals surface area contributed by atoms with E-state index in [4.69, 9.17) is 0 Å². The largest absolute Gasteiger partial charge is 0.363 e. The Labute approximate surface area is 134 Å². The average molecular weight is 303 g/mol. The Bertz CT molecular complexity index is 482. The van der Waals surface area contributed by atoms with Crippen molar-refractivity contribution in [3.63, 3.8) is 0 Å². The number of hydrogen-bond acceptors (Lipinski definition) is 3. The van der Waals surface area contributed by atoms with E-state index in [-0.39, 0.29) is 0 Å². The zero-order chi connectivity index (χ0) is 16.4. The first-order chi connectivity index (χ1) is 10.6. The fourth-order valence-electron chi connectivity index (χ4n) is 2.01. The van der Waals surface area contributed by atoms with Crippen LogP contribution in [0.25, 0.3) is 0 Å². The molecule has 1 aromatic heterocycles. The molecule has 0 aliphatic carbocycles. The SMILES string of the molecule is C=CCCCN(C)C(=NCc1cccc(N(C)C)n1)NCC. The second kappa shape index (κ2) is 9.82. The average Bonchev–Trinajstić information content (AvgIpc) is 2.51. The van der Waals surface area contributed by atoms with E-state index in [2.05, 4.69) is 40.7 Å². The molecule has 122 valence electrons. The second-order valence-electron chi connectivity index (χ2n) is 5.40. The third kappa shape index (κ3) is 6.16. The van der Waals surface area contributed by atoms with Gasteiger partial charge in [-0.3, -0.25) is 0 Å². The molecule has 0 saturated heterocycles. The summed E-state index contributed by atoms with van der Waals surface area (Å²) in [6, 6.07) is 6.03. The summed E-state index contributed by atoms with van der Waals surface area (Å²) < 4.78 is 0. The molecule has 0 saturated carbocycles. The highest BCUT2D eigenvalue weighted by molar-refractivity contribution is 5.79. The van der Waals surface area contributed by atoms with Crippen molar-refractivity contribution in [2.75, 3.05) is 39.1 Å². The molecule has 1 aromatic rings. The van der Waals surface area contributed by atoms with Gasteiger partial charge >= 0.3 is 0 Å². The highest BCUT2D eigenvalue weighted by Gasteiger charge is 2.05. The summed E-state index contributed by atoms with van der Waals surface area (Å²) in [4.78, 5) is 13.4. The molecule has 5 heteroatoms. The molecule has 0 amide bonds. The van der Waals surface area contributed by atoms with E-state index in [1.54, 1.807) is 0 Å². The fraction of sp³-hybridized carbons (Fsp3) is 0.529. The number of anilines is 1. The molecule has 0 aliphatic rings. The molecule has 0 aromatic carbocycles. The standard InChI is InChI=1S/C17H29N5/c1-6-8-9-13-22(5)17(18-7-2)19-14-15-11-10-12-16(20-15)21(3)4/h6,10-12H,1,7-9,13-14H2,2-5H3,(H,18,19). The summed E-state index contributed by atoms with van der Waals surface area (Å²) in [5, 5.41) is 3.33. The van der Waals surface area contributed by atoms with Crippen LogP contribution < -0.4 is 10.2 Å². The van der Waals surface area contributed by atoms with Crippen molar-refractivity contribution in [3.8, 4) is 0 Å². The molecule has 5 nitrogen and oxygen atoms in total. The maximum atomic E-state index is 4.69. The van der Waals surface area contributed by atoms with Crippen LogP contribution in [0.4, 0.5) is 5.82 Å². The predicted octanol–water partition coefficient (Wildman–Crippen LogP) is 2.51. The minimum atomic E-state index is 0.579. The smallest absolute Gasteiger partial charge is 0.194 e. The number of allylic oxidation sites excluding steroid dienone is 1. The lowest BCUT2D eigenvalue weighted by Gasteiger charge is -2.21. The fourth-order valence-corrected chi connectivity index (χ4v) is 2.01. The van der Waals surface area contributed by atoms with Gasteiger partial charge in [-0.05, 0) is 31.9 Å². The van der Waals surface area contributed by atoms with E-state index in [0.717, 1.165) is 43.4 Å². The van der Waals surface area contributed by atoms with Crippen molar-refractivity contribution >= 4 is 11.8 Å². The summed E-state index contributed by atoms with van der Waals surface area (Å²) in [5.41, 5.74) is 0.973. The molecule has 0 radical (unpaired) electrons. The van der Waals surface area contributed by atoms with Crippen LogP contribution in [0.1, 0.15) is 25.5 Å². The van der Waals surface area contributed by atoms with Gasteiger partial charge < -0.3 is 15.1 Å². The van der Waals surface area contributed by atoms with Gasteiger partial charge in [0.15, 0.2) is 5.96 Å². The number of nitrogens with zero attached hydrogens (tertiary/aromatic N) is 4. The maximum Gasteiger partial charge on any atom is 0.194 e. The van der Waals surface area contributed by atoms with Gasteiger partial charge in [-0.15, -0.1) is 6.58 Å². The lowest BCUT2D eigenvalue weighted by molar-refractivity contribution is 0.470. The minimum Gasteiger partial charge on any atom is -0.363 e. The normalized spacial score (nSPS) is 11.2. The topological polar surface area (TPSA) is 43.8 Å². The molecule has 1 rings (SSSR count). The molecule has 0 aliphatic heterocycles. The molecule has 0 spiro atoms. The lowest BCUT2D eigenvalue weighted by Crippen LogP contribution is -2.39. The van der Waals surface area contributed by atoms with Crippen molar-refractivity contribution in [1.29, 1.82) is 0 Å². The Hall–Kier alpha value is -2.04. The zero-order valence-electron chi connectivity index (χ0n) is 14.3. The van der Waals surface area contributed by atoms with Gasteiger partial charge in [-0.25, -0.2) is 9.98 Å². The third-order valence-electron chi connectivity index (χ3n) is 3.24. The van der Waals surface area contributed by atoms with Crippen LogP contribution in [-0.4, -0.2) is 50.1 Å². The number of pyridine rings is 1. The van der Waals surface area contributed by atoms with Crippen LogP contribution in [0, 0.1) is 0 Å². The molecule has 1 N–H and O–H groups in total. The number of hydrogen-bond donors (Lipinski definition) is 1. The summed E-state index contributed by atoms with van der Waals surface area (Å²) in [6.07, 6.45) is 4.06. The monoisotopic (exact) mass is 303 g/mol. The summed E-state index contributed by atoms with van der Waals surface area (Å²) >= 11 is 0. The molecule has 22 heavy (non-hydrogen) atoms. The van der Waals surface area contributed by atoms with Crippen molar-refractivity contribution in [3.05, 3.63) is 36.5 Å². The Morgan fingerprint density at radius 3 is 2.77 bits per heavy atom. The summed E-state index contributed by atoms with van der Waals surface area (Å²) in [6.45, 7) is 8.24. The van der Waals surface area contributed by atoms with Gasteiger partial charge in [0, 0.05) is 34.2 Å². The van der Waals surface area contributed by atoms with Crippen molar-refractivity contribution in [2.24, 2.45) is 4.99 Å². The molecular weight excluding hydrogens is 274 g/mol. The van der Waals surface area contributed by atoms with Gasteiger partial charge in [0.05, 0.1) is 12.2 Å². The first kappa shape index (κ1) is 18.0. The van der Waals surface area contributed by atoms with Crippen LogP contribution >= 0.6 is 0 Å². The number of nitrogens with one attached hydrogen (secondary N) is 1. The minimum absolute atomic E-state index is 0.579. The zero-order valence-corrected chi connectivity index (χ0v) is 14.3. The summed E-state index contributed by atoms with van der Waals surface area (Å²) in [7, 11) is 6.05. The van der Waals surface area contributed by atoms with E-state index in [1.165, 1.54) is 0 Å². The number of guanidine groups is 1. The van der Waals surface area contributed by atoms with E-state index >= 15 is 0 Å². The van der Waals surface area contributed by atoms with Gasteiger partial charge in [0.2, 0.25) is 0 Å². The van der Waals surface area contributed by atoms with Crippen molar-refractivity contribution in [1.82, 2.24) is 15.2 Å². The molecule has 1 heterocycles. The number of aliphatic imine (C=N–C) groups is 1. The van der Waals surface area contributed by atoms with Crippen molar-refractivity contribution < 1.29 is 0 Å². The van der Waals surface area contributed by atoms with E-state index < -0.39 is 0 Å². The second-order valence-corrected chi connectivity index (χ2v) is 5.40. The Kier molecular flexibility index (Phi) is 8.04. The number of rotatable bonds is 8. The van der Waals surface area contributed by atoms with Crippen LogP contribution in [0.15, 0.2) is 35.8 Å². The van der Waals surface area contributed by atoms with Crippen LogP contribution in [0.3, 0.4) is 0 Å². The molecule has 0 fully saturated rings. The first-order valence-electron chi connectivity index (χ1n) is 7.82. The number of aromatic nitrogens is 1. The van der Waals surface area contributed by atoms with E-state index in [9.17, 15) is 0 Å². The Morgan fingerprint density at radius 2 is 2.14 bits per heavy atom. The van der Waals surface area contributed by atoms with E-state index in [1.807, 2.05) is 43.3 Å². The third-order valence-corrected chi connectivity index (χ3v) is 3.24. The van der Waals surface area contributed by atoms with Gasteiger partial charge in [-0.1, -0.05) is 12.1 Å². The molecule has 0 unspecified atom stereocenters. The van der Waals surface area contributed by atoms with Crippen LogP contribution in [0.5, 0.6) is 0 Å². The number of unbranched alkanes of at least 4 members (excludes halogenated alkanes) is 1. The molecule has 0 bridgehead atoms. The first-order valence-corrected chi connectivity index (χ1v) is 7.82. The Morgan fingerprint density at radius 1 is 1.36 bits per heavy atom. The quantitative estimate of drug-likeness (QED) is 0.347. The van der Waals surface area contributed by atoms with Gasteiger partial charge in [0.25, 0.3) is 0 Å². The predicted molar refractivity (Wildman–Crippen MR) is 95.4 cm³/mol. The van der Waals surface area contributed by atoms with Gasteiger partial charge in [-0.2, -0.15) is 0 Å². The highest BCUT2D eigenvalue weighted by Crippen LogP contribution is 2.08. The maximum absolute atomic E-state index is 4.69. The van der Waals surface area contributed by atoms with Crippen LogP contribution in [-0.2, 0) is 6.54 Å². The molecule has 0 atom stereocenters. The van der Waals surface area contributed by atoms with Gasteiger partial charge in [0.1, 0.15) is 5.82 Å². The highest BCUT2D eigenvalue weighted by atomic mass is 15.3. The van der Waals surface area contributed by atoms with Crippen LogP contribution in [0.2, 0.25) is 0 Å². The van der Waals surface area contributed by atoms with Crippen molar-refractivity contribution in [2.45, 2.75) is 26.3 Å². The lowest BCUT2D eigenvalue weighted by atomic mass is 10.3. The van der Waals surface area contributed by atoms with E-state index in [0.29, 0.717) is 6.54 Å². The summed E-state index contributed by atoms with van der Waals surface area (Å²) in [5.74, 6) is 1.88. The molecular formula is C17H29N5. The Balaban J connectivity index is 2.72.